The Morgan fingerprint density at radius 1 is 1.27 bits per heavy atom. The first-order valence-corrected chi connectivity index (χ1v) is 7.79. The summed E-state index contributed by atoms with van der Waals surface area (Å²) in [5.74, 6) is 2.18. The molecule has 0 N–H and O–H groups in total. The molecule has 1 rings (SSSR count). The first kappa shape index (κ1) is 13.2. The van der Waals surface area contributed by atoms with Crippen LogP contribution in [0.2, 0.25) is 0 Å². The lowest BCUT2D eigenvalue weighted by molar-refractivity contribution is 0.319. The van der Waals surface area contributed by atoms with E-state index < -0.39 is 0 Å². The van der Waals surface area contributed by atoms with E-state index in [2.05, 4.69) is 53.8 Å². The van der Waals surface area contributed by atoms with Gasteiger partial charge in [-0.15, -0.1) is 11.8 Å². The molecule has 0 aliphatic rings. The van der Waals surface area contributed by atoms with E-state index in [4.69, 9.17) is 4.74 Å². The third-order valence-corrected chi connectivity index (χ3v) is 3.82. The van der Waals surface area contributed by atoms with Crippen molar-refractivity contribution in [3.8, 4) is 5.75 Å². The molecule has 15 heavy (non-hydrogen) atoms. The van der Waals surface area contributed by atoms with E-state index in [9.17, 15) is 0 Å². The molecule has 0 atom stereocenters. The Balaban J connectivity index is 2.35. The van der Waals surface area contributed by atoms with Gasteiger partial charge in [-0.05, 0) is 42.9 Å². The summed E-state index contributed by atoms with van der Waals surface area (Å²) in [7, 11) is 0. The maximum Gasteiger partial charge on any atom is 0.119 e. The third kappa shape index (κ3) is 5.66. The SMILES string of the molecule is CCCSc1ccc(OCCCI)cc1. The summed E-state index contributed by atoms with van der Waals surface area (Å²) in [6.45, 7) is 3.03. The molecule has 0 radical (unpaired) electrons. The minimum atomic E-state index is 0.824. The Kier molecular flexibility index (Phi) is 7.26. The van der Waals surface area contributed by atoms with E-state index >= 15 is 0 Å². The molecule has 0 amide bonds. The maximum atomic E-state index is 5.59. The highest BCUT2D eigenvalue weighted by molar-refractivity contribution is 14.1. The Labute approximate surface area is 110 Å². The first-order chi connectivity index (χ1) is 7.36. The average Bonchev–Trinajstić information content (AvgIpc) is 2.28. The van der Waals surface area contributed by atoms with Crippen LogP contribution in [0.15, 0.2) is 29.2 Å². The van der Waals surface area contributed by atoms with Crippen LogP contribution >= 0.6 is 34.4 Å². The molecule has 0 saturated carbocycles. The normalized spacial score (nSPS) is 10.3. The van der Waals surface area contributed by atoms with E-state index in [1.165, 1.54) is 17.1 Å². The minimum absolute atomic E-state index is 0.824. The van der Waals surface area contributed by atoms with Crippen molar-refractivity contribution in [3.63, 3.8) is 0 Å². The van der Waals surface area contributed by atoms with Crippen molar-refractivity contribution in [2.24, 2.45) is 0 Å². The average molecular weight is 336 g/mol. The molecule has 0 spiro atoms. The van der Waals surface area contributed by atoms with Gasteiger partial charge in [-0.1, -0.05) is 29.5 Å². The van der Waals surface area contributed by atoms with Crippen molar-refractivity contribution in [3.05, 3.63) is 24.3 Å². The van der Waals surface area contributed by atoms with Gasteiger partial charge in [-0.25, -0.2) is 0 Å². The summed E-state index contributed by atoms with van der Waals surface area (Å²) < 4.78 is 6.75. The lowest BCUT2D eigenvalue weighted by atomic mass is 10.3. The van der Waals surface area contributed by atoms with E-state index in [1.807, 2.05) is 11.8 Å². The molecule has 84 valence electrons. The number of alkyl halides is 1. The number of benzene rings is 1. The maximum absolute atomic E-state index is 5.59. The summed E-state index contributed by atoms with van der Waals surface area (Å²) in [5, 5.41) is 0. The van der Waals surface area contributed by atoms with Crippen molar-refractivity contribution in [2.45, 2.75) is 24.7 Å². The second-order valence-corrected chi connectivity index (χ2v) is 5.46. The van der Waals surface area contributed by atoms with E-state index in [1.54, 1.807) is 0 Å². The lowest BCUT2D eigenvalue weighted by Crippen LogP contribution is -1.97. The number of hydrogen-bond donors (Lipinski definition) is 0. The lowest BCUT2D eigenvalue weighted by Gasteiger charge is -2.05. The standard InChI is InChI=1S/C12H17IOS/c1-2-10-15-12-6-4-11(5-7-12)14-9-3-8-13/h4-7H,2-3,8-10H2,1H3. The monoisotopic (exact) mass is 336 g/mol. The predicted molar refractivity (Wildman–Crippen MR) is 76.5 cm³/mol. The zero-order chi connectivity index (χ0) is 10.9. The van der Waals surface area contributed by atoms with Gasteiger partial charge in [0.15, 0.2) is 0 Å². The molecule has 0 aliphatic carbocycles. The van der Waals surface area contributed by atoms with Crippen molar-refractivity contribution >= 4 is 34.4 Å². The van der Waals surface area contributed by atoms with Crippen LogP contribution in [0.25, 0.3) is 0 Å². The Morgan fingerprint density at radius 3 is 2.60 bits per heavy atom. The number of rotatable bonds is 7. The highest BCUT2D eigenvalue weighted by atomic mass is 127. The van der Waals surface area contributed by atoms with Gasteiger partial charge in [0.25, 0.3) is 0 Å². The largest absolute Gasteiger partial charge is 0.494 e. The van der Waals surface area contributed by atoms with Crippen LogP contribution in [0.5, 0.6) is 5.75 Å². The van der Waals surface area contributed by atoms with Gasteiger partial charge in [0.2, 0.25) is 0 Å². The van der Waals surface area contributed by atoms with Crippen molar-refractivity contribution < 1.29 is 4.74 Å². The molecule has 1 aromatic carbocycles. The fourth-order valence-corrected chi connectivity index (χ4v) is 2.18. The molecule has 0 aliphatic heterocycles. The second-order valence-electron chi connectivity index (χ2n) is 3.21. The van der Waals surface area contributed by atoms with Crippen LogP contribution in [-0.2, 0) is 0 Å². The summed E-state index contributed by atoms with van der Waals surface area (Å²) in [5.41, 5.74) is 0. The summed E-state index contributed by atoms with van der Waals surface area (Å²) in [6, 6.07) is 8.40. The minimum Gasteiger partial charge on any atom is -0.494 e. The molecule has 0 saturated heterocycles. The molecule has 1 aromatic rings. The van der Waals surface area contributed by atoms with Gasteiger partial charge in [0, 0.05) is 9.32 Å². The molecular weight excluding hydrogens is 319 g/mol. The van der Waals surface area contributed by atoms with Crippen molar-refractivity contribution in [2.75, 3.05) is 16.8 Å². The first-order valence-electron chi connectivity index (χ1n) is 5.28. The van der Waals surface area contributed by atoms with E-state index in [0.29, 0.717) is 0 Å². The van der Waals surface area contributed by atoms with Gasteiger partial charge in [-0.2, -0.15) is 0 Å². The molecule has 1 nitrogen and oxygen atoms in total. The van der Waals surface area contributed by atoms with Crippen LogP contribution in [0, 0.1) is 0 Å². The molecular formula is C12H17IOS. The molecule has 3 heteroatoms. The topological polar surface area (TPSA) is 9.23 Å². The zero-order valence-electron chi connectivity index (χ0n) is 9.04. The van der Waals surface area contributed by atoms with Crippen molar-refractivity contribution in [1.82, 2.24) is 0 Å². The van der Waals surface area contributed by atoms with Gasteiger partial charge >= 0.3 is 0 Å². The highest BCUT2D eigenvalue weighted by Crippen LogP contribution is 2.21. The van der Waals surface area contributed by atoms with Crippen molar-refractivity contribution in [1.29, 1.82) is 0 Å². The molecule has 0 heterocycles. The van der Waals surface area contributed by atoms with Crippen LogP contribution in [0.4, 0.5) is 0 Å². The molecule has 0 aromatic heterocycles. The molecule has 0 fully saturated rings. The summed E-state index contributed by atoms with van der Waals surface area (Å²) >= 11 is 4.27. The van der Waals surface area contributed by atoms with E-state index in [0.717, 1.165) is 23.2 Å². The zero-order valence-corrected chi connectivity index (χ0v) is 12.0. The summed E-state index contributed by atoms with van der Waals surface area (Å²) in [6.07, 6.45) is 2.34. The fraction of sp³-hybridized carbons (Fsp3) is 0.500. The van der Waals surface area contributed by atoms with Crippen LogP contribution in [0.3, 0.4) is 0 Å². The Morgan fingerprint density at radius 2 is 2.00 bits per heavy atom. The van der Waals surface area contributed by atoms with Crippen LogP contribution in [-0.4, -0.2) is 16.8 Å². The molecule has 0 unspecified atom stereocenters. The summed E-state index contributed by atoms with van der Waals surface area (Å²) in [4.78, 5) is 1.33. The fourth-order valence-electron chi connectivity index (χ4n) is 1.10. The third-order valence-electron chi connectivity index (χ3n) is 1.84. The number of ether oxygens (including phenoxy) is 1. The highest BCUT2D eigenvalue weighted by Gasteiger charge is 1.95. The van der Waals surface area contributed by atoms with Gasteiger partial charge < -0.3 is 4.74 Å². The number of halogens is 1. The quantitative estimate of drug-likeness (QED) is 0.316. The van der Waals surface area contributed by atoms with Crippen LogP contribution in [0.1, 0.15) is 19.8 Å². The van der Waals surface area contributed by atoms with Gasteiger partial charge in [0.1, 0.15) is 5.75 Å². The Hall–Kier alpha value is 0.1000. The van der Waals surface area contributed by atoms with Crippen LogP contribution < -0.4 is 4.74 Å². The Bertz CT molecular complexity index is 261. The van der Waals surface area contributed by atoms with Gasteiger partial charge in [0.05, 0.1) is 6.61 Å². The van der Waals surface area contributed by atoms with Gasteiger partial charge in [-0.3, -0.25) is 0 Å². The smallest absolute Gasteiger partial charge is 0.119 e. The number of thioether (sulfide) groups is 1. The predicted octanol–water partition coefficient (Wildman–Crippen LogP) is 4.39. The van der Waals surface area contributed by atoms with E-state index in [-0.39, 0.29) is 0 Å². The molecule has 0 bridgehead atoms. The number of hydrogen-bond acceptors (Lipinski definition) is 2. The second kappa shape index (κ2) is 8.28.